The Morgan fingerprint density at radius 1 is 0.967 bits per heavy atom. The predicted molar refractivity (Wildman–Crippen MR) is 109 cm³/mol. The molecule has 30 heavy (non-hydrogen) atoms. The van der Waals surface area contributed by atoms with E-state index in [1.54, 1.807) is 48.5 Å². The van der Waals surface area contributed by atoms with Crippen molar-refractivity contribution in [2.24, 2.45) is 5.41 Å². The van der Waals surface area contributed by atoms with Gasteiger partial charge >= 0.3 is 11.9 Å². The van der Waals surface area contributed by atoms with Crippen LogP contribution < -0.4 is 0 Å². The molecule has 2 aromatic rings. The van der Waals surface area contributed by atoms with Crippen LogP contribution in [0.4, 0.5) is 0 Å². The molecule has 1 aliphatic heterocycles. The van der Waals surface area contributed by atoms with Crippen LogP contribution in [0.25, 0.3) is 0 Å². The highest BCUT2D eigenvalue weighted by Crippen LogP contribution is 2.76. The molecule has 156 valence electrons. The minimum Gasteiger partial charge on any atom is -0.451 e. The number of hydrogen-bond donors (Lipinski definition) is 0. The molecular weight excluding hydrogens is 384 g/mol. The van der Waals surface area contributed by atoms with E-state index in [9.17, 15) is 9.59 Å². The summed E-state index contributed by atoms with van der Waals surface area (Å²) in [5, 5.41) is 0. The average molecular weight is 408 g/mol. The van der Waals surface area contributed by atoms with Gasteiger partial charge in [0.25, 0.3) is 0 Å². The van der Waals surface area contributed by atoms with Gasteiger partial charge in [-0.15, -0.1) is 6.58 Å². The van der Waals surface area contributed by atoms with Crippen LogP contribution in [0.5, 0.6) is 0 Å². The minimum atomic E-state index is -1.33. The molecule has 2 fully saturated rings. The van der Waals surface area contributed by atoms with Gasteiger partial charge in [-0.25, -0.2) is 9.59 Å². The first-order valence-corrected chi connectivity index (χ1v) is 9.74. The van der Waals surface area contributed by atoms with Crippen LogP contribution in [0.1, 0.15) is 34.6 Å². The zero-order valence-corrected chi connectivity index (χ0v) is 17.2. The Morgan fingerprint density at radius 3 is 2.00 bits per heavy atom. The summed E-state index contributed by atoms with van der Waals surface area (Å²) in [6.45, 7) is 7.51. The number of methoxy groups -OCH3 is 1. The Bertz CT molecular complexity index is 970. The van der Waals surface area contributed by atoms with E-state index in [0.717, 1.165) is 0 Å². The average Bonchev–Trinajstić information content (AvgIpc) is 3.01. The first kappa shape index (κ1) is 20.3. The number of hydrogen-bond acceptors (Lipinski definition) is 6. The summed E-state index contributed by atoms with van der Waals surface area (Å²) in [5.41, 5.74) is -1.32. The van der Waals surface area contributed by atoms with E-state index in [1.807, 2.05) is 26.0 Å². The number of benzene rings is 2. The second-order valence-corrected chi connectivity index (χ2v) is 7.95. The third-order valence-electron chi connectivity index (χ3n) is 6.21. The molecule has 6 heteroatoms. The Kier molecular flexibility index (Phi) is 4.79. The van der Waals surface area contributed by atoms with Crippen LogP contribution in [0, 0.1) is 5.41 Å². The van der Waals surface area contributed by atoms with Gasteiger partial charge in [-0.1, -0.05) is 56.3 Å². The number of fused-ring (bicyclic) bond motifs is 1. The zero-order valence-electron chi connectivity index (χ0n) is 17.2. The number of esters is 2. The molecule has 0 N–H and O–H groups in total. The Morgan fingerprint density at radius 2 is 1.50 bits per heavy atom. The van der Waals surface area contributed by atoms with Crippen LogP contribution in [0.15, 0.2) is 73.3 Å². The largest absolute Gasteiger partial charge is 0.451 e. The summed E-state index contributed by atoms with van der Waals surface area (Å²) >= 11 is 0. The van der Waals surface area contributed by atoms with Crippen molar-refractivity contribution in [3.8, 4) is 0 Å². The monoisotopic (exact) mass is 408 g/mol. The first-order valence-electron chi connectivity index (χ1n) is 9.74. The van der Waals surface area contributed by atoms with Gasteiger partial charge in [-0.3, -0.25) is 0 Å². The van der Waals surface area contributed by atoms with E-state index >= 15 is 0 Å². The topological polar surface area (TPSA) is 71.1 Å². The number of carbonyl (C=O) groups excluding carboxylic acids is 2. The zero-order chi connectivity index (χ0) is 21.6. The molecule has 2 aliphatic rings. The van der Waals surface area contributed by atoms with Gasteiger partial charge in [0.2, 0.25) is 11.4 Å². The van der Waals surface area contributed by atoms with Crippen molar-refractivity contribution in [2.75, 3.05) is 7.11 Å². The van der Waals surface area contributed by atoms with Crippen LogP contribution in [-0.4, -0.2) is 42.6 Å². The minimum absolute atomic E-state index is 0.384. The van der Waals surface area contributed by atoms with Crippen LogP contribution in [0.2, 0.25) is 0 Å². The normalized spacial score (nSPS) is 30.8. The maximum absolute atomic E-state index is 13.0. The van der Waals surface area contributed by atoms with Gasteiger partial charge in [0.1, 0.15) is 6.10 Å². The van der Waals surface area contributed by atoms with E-state index < -0.39 is 40.9 Å². The number of rotatable bonds is 6. The number of ether oxygens (including phenoxy) is 4. The maximum atomic E-state index is 13.0. The summed E-state index contributed by atoms with van der Waals surface area (Å²) in [4.78, 5) is 25.8. The fourth-order valence-electron chi connectivity index (χ4n) is 4.62. The lowest BCUT2D eigenvalue weighted by molar-refractivity contribution is -0.181. The highest BCUT2D eigenvalue weighted by Gasteiger charge is 2.97. The van der Waals surface area contributed by atoms with Gasteiger partial charge in [0.15, 0.2) is 6.10 Å². The van der Waals surface area contributed by atoms with Gasteiger partial charge in [-0.2, -0.15) is 0 Å². The second kappa shape index (κ2) is 7.07. The molecule has 0 bridgehead atoms. The quantitative estimate of drug-likeness (QED) is 0.535. The molecule has 4 atom stereocenters. The lowest BCUT2D eigenvalue weighted by Gasteiger charge is -2.29. The maximum Gasteiger partial charge on any atom is 0.339 e. The Labute approximate surface area is 175 Å². The van der Waals surface area contributed by atoms with Gasteiger partial charge in [0, 0.05) is 7.11 Å². The molecule has 0 amide bonds. The van der Waals surface area contributed by atoms with Crippen molar-refractivity contribution in [3.63, 3.8) is 0 Å². The third kappa shape index (κ3) is 2.57. The summed E-state index contributed by atoms with van der Waals surface area (Å²) in [6.07, 6.45) is -0.0936. The Hall–Kier alpha value is -2.96. The fraction of sp³-hybridized carbons (Fsp3) is 0.333. The summed E-state index contributed by atoms with van der Waals surface area (Å²) in [6, 6.07) is 17.3. The van der Waals surface area contributed by atoms with Crippen molar-refractivity contribution in [3.05, 3.63) is 84.4 Å². The smallest absolute Gasteiger partial charge is 0.339 e. The molecule has 1 unspecified atom stereocenters. The fourth-order valence-corrected chi connectivity index (χ4v) is 4.62. The van der Waals surface area contributed by atoms with Crippen molar-refractivity contribution >= 4 is 11.9 Å². The molecule has 2 aromatic carbocycles. The van der Waals surface area contributed by atoms with Gasteiger partial charge < -0.3 is 18.9 Å². The lowest BCUT2D eigenvalue weighted by Crippen LogP contribution is -2.45. The Balaban J connectivity index is 1.72. The van der Waals surface area contributed by atoms with Crippen molar-refractivity contribution in [1.82, 2.24) is 0 Å². The number of carbonyl (C=O) groups is 2. The molecule has 0 aromatic heterocycles. The SMILES string of the molecule is C=C[C@H]1OC2(OC)C(C)(C)[C@@]2(OC(=O)c2ccccc2)[C@@H]1OC(=O)c1ccccc1. The van der Waals surface area contributed by atoms with Crippen molar-refractivity contribution in [2.45, 2.75) is 37.4 Å². The molecule has 1 saturated carbocycles. The van der Waals surface area contributed by atoms with Crippen molar-refractivity contribution < 1.29 is 28.5 Å². The summed E-state index contributed by atoms with van der Waals surface area (Å²) in [5.74, 6) is -2.34. The summed E-state index contributed by atoms with van der Waals surface area (Å²) < 4.78 is 23.8. The highest BCUT2D eigenvalue weighted by atomic mass is 16.8. The summed E-state index contributed by atoms with van der Waals surface area (Å²) in [7, 11) is 1.49. The predicted octanol–water partition coefficient (Wildman–Crippen LogP) is 3.78. The van der Waals surface area contributed by atoms with E-state index in [2.05, 4.69) is 6.58 Å². The van der Waals surface area contributed by atoms with E-state index in [0.29, 0.717) is 11.1 Å². The molecule has 6 nitrogen and oxygen atoms in total. The van der Waals surface area contributed by atoms with E-state index in [4.69, 9.17) is 18.9 Å². The van der Waals surface area contributed by atoms with Crippen LogP contribution in [-0.2, 0) is 18.9 Å². The van der Waals surface area contributed by atoms with Gasteiger partial charge in [0.05, 0.1) is 16.5 Å². The molecule has 0 spiro atoms. The molecule has 4 rings (SSSR count). The standard InChI is InChI=1S/C24H24O6/c1-5-18-19(28-20(25)16-12-8-6-9-13-16)23(22(2,3)24(23,27-4)29-18)30-21(26)17-14-10-7-11-15-17/h5-15,18-19H,1H2,2-4H3/t18-,19-,23+,24?/m1/s1. The van der Waals surface area contributed by atoms with E-state index in [1.165, 1.54) is 13.2 Å². The molecule has 0 radical (unpaired) electrons. The molecule has 1 heterocycles. The van der Waals surface area contributed by atoms with Crippen molar-refractivity contribution in [1.29, 1.82) is 0 Å². The van der Waals surface area contributed by atoms with Crippen LogP contribution in [0.3, 0.4) is 0 Å². The lowest BCUT2D eigenvalue weighted by atomic mass is 9.97. The third-order valence-corrected chi connectivity index (χ3v) is 6.21. The molecule has 1 saturated heterocycles. The molecule has 1 aliphatic carbocycles. The highest BCUT2D eigenvalue weighted by molar-refractivity contribution is 5.91. The van der Waals surface area contributed by atoms with Crippen LogP contribution >= 0.6 is 0 Å². The van der Waals surface area contributed by atoms with Gasteiger partial charge in [-0.05, 0) is 24.3 Å². The van der Waals surface area contributed by atoms with E-state index in [-0.39, 0.29) is 0 Å². The second-order valence-electron chi connectivity index (χ2n) is 7.95. The first-order chi connectivity index (χ1) is 14.3. The molecular formula is C24H24O6.